The summed E-state index contributed by atoms with van der Waals surface area (Å²) in [5.41, 5.74) is 0. The van der Waals surface area contributed by atoms with Crippen molar-refractivity contribution in [3.05, 3.63) is 0 Å². The first-order valence-corrected chi connectivity index (χ1v) is 9.11. The molecule has 2 aliphatic heterocycles. The van der Waals surface area contributed by atoms with Crippen LogP contribution in [0.15, 0.2) is 0 Å². The minimum Gasteiger partial charge on any atom is -0.360 e. The average molecular weight is 311 g/mol. The van der Waals surface area contributed by atoms with Crippen LogP contribution in [0.5, 0.6) is 0 Å². The maximum atomic E-state index is 5.65. The van der Waals surface area contributed by atoms with Crippen LogP contribution >= 0.6 is 12.2 Å². The van der Waals surface area contributed by atoms with E-state index in [1.165, 1.54) is 71.2 Å². The van der Waals surface area contributed by atoms with Gasteiger partial charge in [-0.3, -0.25) is 0 Å². The fourth-order valence-corrected chi connectivity index (χ4v) is 3.86. The lowest BCUT2D eigenvalue weighted by Crippen LogP contribution is -2.51. The first kappa shape index (κ1) is 15.5. The van der Waals surface area contributed by atoms with Gasteiger partial charge < -0.3 is 20.0 Å². The van der Waals surface area contributed by atoms with Crippen molar-refractivity contribution in [1.82, 2.24) is 20.0 Å². The fourth-order valence-electron chi connectivity index (χ4n) is 3.46. The zero-order valence-electron chi connectivity index (χ0n) is 13.4. The van der Waals surface area contributed by atoms with E-state index in [0.29, 0.717) is 12.1 Å². The van der Waals surface area contributed by atoms with Crippen LogP contribution in [-0.4, -0.2) is 78.2 Å². The number of hydrogen-bond donors (Lipinski definition) is 1. The zero-order chi connectivity index (χ0) is 14.7. The summed E-state index contributed by atoms with van der Waals surface area (Å²) in [7, 11) is 2.22. The molecular formula is C16H30N4S. The van der Waals surface area contributed by atoms with Gasteiger partial charge in [-0.05, 0) is 57.8 Å². The third-order valence-corrected chi connectivity index (χ3v) is 5.52. The van der Waals surface area contributed by atoms with E-state index in [1.807, 2.05) is 0 Å². The van der Waals surface area contributed by atoms with E-state index in [2.05, 4.69) is 27.1 Å². The van der Waals surface area contributed by atoms with Gasteiger partial charge >= 0.3 is 0 Å². The molecule has 1 aliphatic carbocycles. The van der Waals surface area contributed by atoms with Gasteiger partial charge in [0.25, 0.3) is 0 Å². The van der Waals surface area contributed by atoms with E-state index >= 15 is 0 Å². The van der Waals surface area contributed by atoms with E-state index in [4.69, 9.17) is 12.2 Å². The molecular weight excluding hydrogens is 280 g/mol. The summed E-state index contributed by atoms with van der Waals surface area (Å²) in [4.78, 5) is 7.55. The molecule has 2 saturated heterocycles. The minimum absolute atomic E-state index is 0.664. The Hall–Kier alpha value is -0.390. The maximum absolute atomic E-state index is 5.65. The van der Waals surface area contributed by atoms with Crippen molar-refractivity contribution in [3.8, 4) is 0 Å². The molecule has 0 spiro atoms. The Kier molecular flexibility index (Phi) is 5.35. The Labute approximate surface area is 134 Å². The van der Waals surface area contributed by atoms with Gasteiger partial charge in [-0.2, -0.15) is 0 Å². The SMILES string of the molecule is CN1CCN(CC[C@@H]2CCCCN2C(=S)NC2CC2)CC1. The Morgan fingerprint density at radius 2 is 1.81 bits per heavy atom. The second-order valence-electron chi connectivity index (χ2n) is 7.00. The van der Waals surface area contributed by atoms with Gasteiger partial charge in [0.1, 0.15) is 0 Å². The highest BCUT2D eigenvalue weighted by atomic mass is 32.1. The lowest BCUT2D eigenvalue weighted by atomic mass is 9.99. The van der Waals surface area contributed by atoms with E-state index in [9.17, 15) is 0 Å². The largest absolute Gasteiger partial charge is 0.360 e. The van der Waals surface area contributed by atoms with E-state index in [-0.39, 0.29) is 0 Å². The highest BCUT2D eigenvalue weighted by molar-refractivity contribution is 7.80. The van der Waals surface area contributed by atoms with Gasteiger partial charge in [0.05, 0.1) is 0 Å². The second kappa shape index (κ2) is 7.25. The average Bonchev–Trinajstić information content (AvgIpc) is 3.31. The van der Waals surface area contributed by atoms with Gasteiger partial charge in [-0.25, -0.2) is 0 Å². The normalized spacial score (nSPS) is 28.6. The van der Waals surface area contributed by atoms with Crippen LogP contribution in [0.3, 0.4) is 0 Å². The number of hydrogen-bond acceptors (Lipinski definition) is 3. The summed E-state index contributed by atoms with van der Waals surface area (Å²) in [5.74, 6) is 0. The summed E-state index contributed by atoms with van der Waals surface area (Å²) in [5, 5.41) is 4.56. The number of thiocarbonyl (C=S) groups is 1. The van der Waals surface area contributed by atoms with Crippen LogP contribution in [-0.2, 0) is 0 Å². The molecule has 0 amide bonds. The molecule has 2 heterocycles. The van der Waals surface area contributed by atoms with Crippen molar-refractivity contribution in [3.63, 3.8) is 0 Å². The quantitative estimate of drug-likeness (QED) is 0.793. The Morgan fingerprint density at radius 1 is 1.05 bits per heavy atom. The first-order valence-electron chi connectivity index (χ1n) is 8.70. The molecule has 21 heavy (non-hydrogen) atoms. The molecule has 0 aromatic heterocycles. The van der Waals surface area contributed by atoms with Crippen molar-refractivity contribution < 1.29 is 0 Å². The molecule has 0 radical (unpaired) electrons. The molecule has 4 nitrogen and oxygen atoms in total. The summed E-state index contributed by atoms with van der Waals surface area (Å²) >= 11 is 5.65. The Morgan fingerprint density at radius 3 is 2.52 bits per heavy atom. The topological polar surface area (TPSA) is 21.8 Å². The van der Waals surface area contributed by atoms with Gasteiger partial charge in [-0.1, -0.05) is 0 Å². The van der Waals surface area contributed by atoms with Crippen LogP contribution in [0.1, 0.15) is 38.5 Å². The molecule has 1 N–H and O–H groups in total. The van der Waals surface area contributed by atoms with Gasteiger partial charge in [0.15, 0.2) is 5.11 Å². The van der Waals surface area contributed by atoms with Crippen LogP contribution in [0.25, 0.3) is 0 Å². The molecule has 3 fully saturated rings. The Balaban J connectivity index is 1.46. The summed E-state index contributed by atoms with van der Waals surface area (Å²) in [6.07, 6.45) is 7.88. The number of piperazine rings is 1. The maximum Gasteiger partial charge on any atom is 0.169 e. The monoisotopic (exact) mass is 310 g/mol. The smallest absolute Gasteiger partial charge is 0.169 e. The number of nitrogens with one attached hydrogen (secondary N) is 1. The molecule has 3 aliphatic rings. The number of rotatable bonds is 4. The molecule has 0 aromatic rings. The van der Waals surface area contributed by atoms with Crippen LogP contribution in [0.2, 0.25) is 0 Å². The lowest BCUT2D eigenvalue weighted by Gasteiger charge is -2.39. The van der Waals surface area contributed by atoms with Crippen molar-refractivity contribution in [1.29, 1.82) is 0 Å². The molecule has 120 valence electrons. The van der Waals surface area contributed by atoms with Crippen LogP contribution in [0.4, 0.5) is 0 Å². The summed E-state index contributed by atoms with van der Waals surface area (Å²) < 4.78 is 0. The molecule has 0 bridgehead atoms. The summed E-state index contributed by atoms with van der Waals surface area (Å²) in [6, 6.07) is 1.34. The third kappa shape index (κ3) is 4.54. The predicted octanol–water partition coefficient (Wildman–Crippen LogP) is 1.52. The van der Waals surface area contributed by atoms with E-state index in [0.717, 1.165) is 11.7 Å². The standard InChI is InChI=1S/C16H30N4S/c1-18-10-12-19(13-11-18)9-7-15-4-2-3-8-20(15)16(21)17-14-5-6-14/h14-15H,2-13H2,1H3,(H,17,21)/t15-/m0/s1. The number of likely N-dealkylation sites (tertiary alicyclic amines) is 1. The summed E-state index contributed by atoms with van der Waals surface area (Å²) in [6.45, 7) is 7.29. The predicted molar refractivity (Wildman–Crippen MR) is 91.7 cm³/mol. The molecule has 1 atom stereocenters. The lowest BCUT2D eigenvalue weighted by molar-refractivity contribution is 0.134. The highest BCUT2D eigenvalue weighted by Gasteiger charge is 2.29. The fraction of sp³-hybridized carbons (Fsp3) is 0.938. The van der Waals surface area contributed by atoms with Crippen molar-refractivity contribution in [2.45, 2.75) is 50.6 Å². The van der Waals surface area contributed by atoms with E-state index in [1.54, 1.807) is 0 Å². The van der Waals surface area contributed by atoms with E-state index < -0.39 is 0 Å². The molecule has 5 heteroatoms. The molecule has 0 aromatic carbocycles. The minimum atomic E-state index is 0.664. The number of nitrogens with zero attached hydrogens (tertiary/aromatic N) is 3. The van der Waals surface area contributed by atoms with Crippen molar-refractivity contribution >= 4 is 17.3 Å². The third-order valence-electron chi connectivity index (χ3n) is 5.17. The van der Waals surface area contributed by atoms with Crippen LogP contribution in [0, 0.1) is 0 Å². The van der Waals surface area contributed by atoms with Gasteiger partial charge in [0.2, 0.25) is 0 Å². The Bertz CT molecular complexity index is 350. The van der Waals surface area contributed by atoms with Gasteiger partial charge in [-0.15, -0.1) is 0 Å². The zero-order valence-corrected chi connectivity index (χ0v) is 14.2. The highest BCUT2D eigenvalue weighted by Crippen LogP contribution is 2.23. The number of likely N-dealkylation sites (N-methyl/N-ethyl adjacent to an activating group) is 1. The number of piperidine rings is 1. The van der Waals surface area contributed by atoms with Crippen LogP contribution < -0.4 is 5.32 Å². The first-order chi connectivity index (χ1) is 10.2. The van der Waals surface area contributed by atoms with Crippen molar-refractivity contribution in [2.75, 3.05) is 46.3 Å². The van der Waals surface area contributed by atoms with Gasteiger partial charge in [0, 0.05) is 51.4 Å². The molecule has 1 saturated carbocycles. The second-order valence-corrected chi connectivity index (χ2v) is 7.39. The molecule has 0 unspecified atom stereocenters. The molecule has 3 rings (SSSR count). The van der Waals surface area contributed by atoms with Crippen molar-refractivity contribution in [2.24, 2.45) is 0 Å².